The molecule has 0 unspecified atom stereocenters. The number of carbonyl (C=O) groups excluding carboxylic acids is 1. The number of amides is 1. The van der Waals surface area contributed by atoms with Gasteiger partial charge in [0.05, 0.1) is 12.8 Å². The average Bonchev–Trinajstić information content (AvgIpc) is 2.63. The SMILES string of the molecule is COc1ccc(C)cc1NC(=O)c1ccc(N2CCCCC2)nn1. The molecule has 1 aromatic carbocycles. The lowest BCUT2D eigenvalue weighted by Gasteiger charge is -2.27. The van der Waals surface area contributed by atoms with E-state index in [1.165, 1.54) is 19.3 Å². The van der Waals surface area contributed by atoms with Gasteiger partial charge in [0.2, 0.25) is 0 Å². The lowest BCUT2D eigenvalue weighted by atomic mass is 10.1. The number of aryl methyl sites for hydroxylation is 1. The second-order valence-electron chi connectivity index (χ2n) is 5.98. The minimum absolute atomic E-state index is 0.291. The van der Waals surface area contributed by atoms with Gasteiger partial charge in [-0.1, -0.05) is 6.07 Å². The summed E-state index contributed by atoms with van der Waals surface area (Å²) in [6.07, 6.45) is 3.62. The van der Waals surface area contributed by atoms with Crippen molar-refractivity contribution in [1.29, 1.82) is 0 Å². The molecule has 1 N–H and O–H groups in total. The third-order valence-electron chi connectivity index (χ3n) is 4.17. The molecule has 1 aliphatic heterocycles. The van der Waals surface area contributed by atoms with Gasteiger partial charge in [0.1, 0.15) is 5.75 Å². The number of rotatable bonds is 4. The van der Waals surface area contributed by atoms with Gasteiger partial charge in [-0.3, -0.25) is 4.79 Å². The topological polar surface area (TPSA) is 67.3 Å². The maximum atomic E-state index is 12.4. The fourth-order valence-corrected chi connectivity index (χ4v) is 2.84. The number of nitrogens with zero attached hydrogens (tertiary/aromatic N) is 3. The molecule has 1 amide bonds. The fourth-order valence-electron chi connectivity index (χ4n) is 2.84. The molecule has 0 saturated carbocycles. The number of carbonyl (C=O) groups is 1. The van der Waals surface area contributed by atoms with E-state index in [1.54, 1.807) is 13.2 Å². The van der Waals surface area contributed by atoms with Crippen LogP contribution < -0.4 is 15.0 Å². The van der Waals surface area contributed by atoms with Crippen molar-refractivity contribution in [2.45, 2.75) is 26.2 Å². The van der Waals surface area contributed by atoms with Gasteiger partial charge in [0.25, 0.3) is 5.91 Å². The molecular weight excluding hydrogens is 304 g/mol. The quantitative estimate of drug-likeness (QED) is 0.935. The van der Waals surface area contributed by atoms with Crippen LogP contribution in [0, 0.1) is 6.92 Å². The third kappa shape index (κ3) is 3.64. The number of nitrogens with one attached hydrogen (secondary N) is 1. The van der Waals surface area contributed by atoms with Gasteiger partial charge in [-0.05, 0) is 56.0 Å². The highest BCUT2D eigenvalue weighted by molar-refractivity contribution is 6.03. The number of methoxy groups -OCH3 is 1. The molecule has 1 saturated heterocycles. The Hall–Kier alpha value is -2.63. The molecular formula is C18H22N4O2. The number of hydrogen-bond donors (Lipinski definition) is 1. The molecule has 0 atom stereocenters. The van der Waals surface area contributed by atoms with Crippen LogP contribution in [0.2, 0.25) is 0 Å². The second-order valence-corrected chi connectivity index (χ2v) is 5.98. The minimum atomic E-state index is -0.295. The van der Waals surface area contributed by atoms with Crippen LogP contribution in [-0.2, 0) is 0 Å². The standard InChI is InChI=1S/C18H22N4O2/c1-13-6-8-16(24-2)15(12-13)19-18(23)14-7-9-17(21-20-14)22-10-4-3-5-11-22/h6-9,12H,3-5,10-11H2,1-2H3,(H,19,23). The average molecular weight is 326 g/mol. The van der Waals surface area contributed by atoms with E-state index in [0.717, 1.165) is 24.5 Å². The summed E-state index contributed by atoms with van der Waals surface area (Å²) in [6, 6.07) is 9.21. The van der Waals surface area contributed by atoms with Crippen molar-refractivity contribution in [3.05, 3.63) is 41.6 Å². The van der Waals surface area contributed by atoms with E-state index in [9.17, 15) is 4.79 Å². The molecule has 1 aromatic heterocycles. The zero-order chi connectivity index (χ0) is 16.9. The second kappa shape index (κ2) is 7.29. The lowest BCUT2D eigenvalue weighted by Crippen LogP contribution is -2.30. The Morgan fingerprint density at radius 1 is 1.12 bits per heavy atom. The van der Waals surface area contributed by atoms with Crippen molar-refractivity contribution in [2.75, 3.05) is 30.4 Å². The Kier molecular flexibility index (Phi) is 4.93. The van der Waals surface area contributed by atoms with Crippen LogP contribution in [0.4, 0.5) is 11.5 Å². The van der Waals surface area contributed by atoms with Crippen molar-refractivity contribution in [1.82, 2.24) is 10.2 Å². The monoisotopic (exact) mass is 326 g/mol. The minimum Gasteiger partial charge on any atom is -0.495 e. The molecule has 1 fully saturated rings. The van der Waals surface area contributed by atoms with Crippen LogP contribution in [0.5, 0.6) is 5.75 Å². The number of hydrogen-bond acceptors (Lipinski definition) is 5. The maximum Gasteiger partial charge on any atom is 0.276 e. The molecule has 2 heterocycles. The normalized spacial score (nSPS) is 14.3. The summed E-state index contributed by atoms with van der Waals surface area (Å²) in [4.78, 5) is 14.6. The van der Waals surface area contributed by atoms with Gasteiger partial charge < -0.3 is 15.0 Å². The Morgan fingerprint density at radius 3 is 2.58 bits per heavy atom. The predicted octanol–water partition coefficient (Wildman–Crippen LogP) is 3.04. The fraction of sp³-hybridized carbons (Fsp3) is 0.389. The highest BCUT2D eigenvalue weighted by atomic mass is 16.5. The van der Waals surface area contributed by atoms with Crippen molar-refractivity contribution < 1.29 is 9.53 Å². The zero-order valence-electron chi connectivity index (χ0n) is 14.1. The van der Waals surface area contributed by atoms with Crippen LogP contribution >= 0.6 is 0 Å². The molecule has 126 valence electrons. The van der Waals surface area contributed by atoms with E-state index in [1.807, 2.05) is 31.2 Å². The number of aromatic nitrogens is 2. The number of anilines is 2. The van der Waals surface area contributed by atoms with Crippen molar-refractivity contribution >= 4 is 17.4 Å². The smallest absolute Gasteiger partial charge is 0.276 e. The Bertz CT molecular complexity index is 709. The third-order valence-corrected chi connectivity index (χ3v) is 4.17. The van der Waals surface area contributed by atoms with E-state index < -0.39 is 0 Å². The van der Waals surface area contributed by atoms with Crippen molar-refractivity contribution in [3.8, 4) is 5.75 Å². The van der Waals surface area contributed by atoms with Crippen LogP contribution in [0.3, 0.4) is 0 Å². The molecule has 0 aliphatic carbocycles. The predicted molar refractivity (Wildman–Crippen MR) is 93.8 cm³/mol. The number of piperidine rings is 1. The van der Waals surface area contributed by atoms with Gasteiger partial charge in [-0.15, -0.1) is 10.2 Å². The van der Waals surface area contributed by atoms with Crippen molar-refractivity contribution in [3.63, 3.8) is 0 Å². The van der Waals surface area contributed by atoms with Crippen LogP contribution in [0.25, 0.3) is 0 Å². The highest BCUT2D eigenvalue weighted by Gasteiger charge is 2.15. The summed E-state index contributed by atoms with van der Waals surface area (Å²) >= 11 is 0. The molecule has 0 spiro atoms. The largest absolute Gasteiger partial charge is 0.495 e. The Balaban J connectivity index is 1.72. The van der Waals surface area contributed by atoms with E-state index in [4.69, 9.17) is 4.74 Å². The molecule has 0 bridgehead atoms. The van der Waals surface area contributed by atoms with Crippen molar-refractivity contribution in [2.24, 2.45) is 0 Å². The highest BCUT2D eigenvalue weighted by Crippen LogP contribution is 2.25. The number of ether oxygens (including phenoxy) is 1. The van der Waals surface area contributed by atoms with Gasteiger partial charge in [0.15, 0.2) is 11.5 Å². The first-order valence-electron chi connectivity index (χ1n) is 8.22. The summed E-state index contributed by atoms with van der Waals surface area (Å²) in [7, 11) is 1.58. The van der Waals surface area contributed by atoms with Crippen LogP contribution in [0.15, 0.2) is 30.3 Å². The molecule has 6 heteroatoms. The summed E-state index contributed by atoms with van der Waals surface area (Å²) in [5.41, 5.74) is 1.96. The van der Waals surface area contributed by atoms with Gasteiger partial charge in [-0.2, -0.15) is 0 Å². The summed E-state index contributed by atoms with van der Waals surface area (Å²) in [6.45, 7) is 3.96. The molecule has 1 aliphatic rings. The summed E-state index contributed by atoms with van der Waals surface area (Å²) in [5, 5.41) is 11.1. The number of benzene rings is 1. The first-order valence-corrected chi connectivity index (χ1v) is 8.22. The molecule has 0 radical (unpaired) electrons. The lowest BCUT2D eigenvalue weighted by molar-refractivity contribution is 0.102. The van der Waals surface area contributed by atoms with E-state index in [0.29, 0.717) is 17.1 Å². The summed E-state index contributed by atoms with van der Waals surface area (Å²) < 4.78 is 5.28. The molecule has 6 nitrogen and oxygen atoms in total. The van der Waals surface area contributed by atoms with Gasteiger partial charge >= 0.3 is 0 Å². The van der Waals surface area contributed by atoms with E-state index >= 15 is 0 Å². The molecule has 24 heavy (non-hydrogen) atoms. The first-order chi connectivity index (χ1) is 11.7. The molecule has 3 rings (SSSR count). The van der Waals surface area contributed by atoms with Gasteiger partial charge in [0, 0.05) is 13.1 Å². The van der Waals surface area contributed by atoms with Crippen LogP contribution in [0.1, 0.15) is 35.3 Å². The molecule has 2 aromatic rings. The van der Waals surface area contributed by atoms with Gasteiger partial charge in [-0.25, -0.2) is 0 Å². The Morgan fingerprint density at radius 2 is 1.92 bits per heavy atom. The first kappa shape index (κ1) is 16.2. The van der Waals surface area contributed by atoms with Crippen LogP contribution in [-0.4, -0.2) is 36.3 Å². The maximum absolute atomic E-state index is 12.4. The summed E-state index contributed by atoms with van der Waals surface area (Å²) in [5.74, 6) is 1.16. The Labute approximate surface area is 141 Å². The zero-order valence-corrected chi connectivity index (χ0v) is 14.1. The van der Waals surface area contributed by atoms with E-state index in [-0.39, 0.29) is 5.91 Å². The van der Waals surface area contributed by atoms with E-state index in [2.05, 4.69) is 20.4 Å².